The summed E-state index contributed by atoms with van der Waals surface area (Å²) in [5.74, 6) is -0.664. The molecule has 0 bridgehead atoms. The molecule has 2 aromatic rings. The van der Waals surface area contributed by atoms with E-state index in [1.54, 1.807) is 11.5 Å². The van der Waals surface area contributed by atoms with Crippen molar-refractivity contribution in [3.8, 4) is 0 Å². The standard InChI is InChI=1S/C9H6F3NO2S2/c10-9(11,12)4-15-13-8(14)7-3-6-5(17-7)1-2-16-6/h1-3H,4H2,(H,13,14). The quantitative estimate of drug-likeness (QED) is 0.877. The molecule has 17 heavy (non-hydrogen) atoms. The highest BCUT2D eigenvalue weighted by Gasteiger charge is 2.28. The van der Waals surface area contributed by atoms with Crippen LogP contribution in [0.2, 0.25) is 0 Å². The van der Waals surface area contributed by atoms with Crippen molar-refractivity contribution in [2.24, 2.45) is 0 Å². The third kappa shape index (κ3) is 3.18. The predicted octanol–water partition coefficient (Wildman–Crippen LogP) is 3.19. The molecule has 0 unspecified atom stereocenters. The molecule has 0 atom stereocenters. The second kappa shape index (κ2) is 4.63. The predicted molar refractivity (Wildman–Crippen MR) is 59.2 cm³/mol. The molecule has 0 aliphatic carbocycles. The average molecular weight is 281 g/mol. The fraction of sp³-hybridized carbons (Fsp3) is 0.222. The van der Waals surface area contributed by atoms with Gasteiger partial charge in [-0.05, 0) is 17.5 Å². The van der Waals surface area contributed by atoms with Crippen LogP contribution in [0.1, 0.15) is 9.67 Å². The van der Waals surface area contributed by atoms with Gasteiger partial charge in [0.2, 0.25) is 0 Å². The summed E-state index contributed by atoms with van der Waals surface area (Å²) < 4.78 is 37.1. The molecule has 8 heteroatoms. The molecule has 1 amide bonds. The highest BCUT2D eigenvalue weighted by Crippen LogP contribution is 2.29. The monoisotopic (exact) mass is 281 g/mol. The lowest BCUT2D eigenvalue weighted by Gasteiger charge is -2.06. The summed E-state index contributed by atoms with van der Waals surface area (Å²) in [5, 5.41) is 1.88. The van der Waals surface area contributed by atoms with E-state index in [1.165, 1.54) is 22.7 Å². The van der Waals surface area contributed by atoms with Crippen LogP contribution >= 0.6 is 22.7 Å². The summed E-state index contributed by atoms with van der Waals surface area (Å²) in [7, 11) is 0. The highest BCUT2D eigenvalue weighted by molar-refractivity contribution is 7.27. The molecule has 0 aromatic carbocycles. The van der Waals surface area contributed by atoms with Gasteiger partial charge in [-0.3, -0.25) is 9.63 Å². The Kier molecular flexibility index (Phi) is 3.36. The molecule has 2 aromatic heterocycles. The first-order chi connectivity index (χ1) is 7.96. The number of halogens is 3. The summed E-state index contributed by atoms with van der Waals surface area (Å²) >= 11 is 2.67. The van der Waals surface area contributed by atoms with Crippen LogP contribution in [-0.2, 0) is 4.84 Å². The zero-order valence-electron chi connectivity index (χ0n) is 8.21. The van der Waals surface area contributed by atoms with Crippen LogP contribution in [0.3, 0.4) is 0 Å². The van der Waals surface area contributed by atoms with E-state index in [-0.39, 0.29) is 0 Å². The second-order valence-corrected chi connectivity index (χ2v) is 5.13. The Morgan fingerprint density at radius 3 is 2.82 bits per heavy atom. The zero-order valence-corrected chi connectivity index (χ0v) is 9.84. The number of carbonyl (C=O) groups is 1. The number of carbonyl (C=O) groups excluding carboxylic acids is 1. The van der Waals surface area contributed by atoms with Gasteiger partial charge < -0.3 is 0 Å². The molecule has 0 fully saturated rings. The molecule has 0 saturated carbocycles. The van der Waals surface area contributed by atoms with Crippen molar-refractivity contribution in [1.82, 2.24) is 5.48 Å². The van der Waals surface area contributed by atoms with Gasteiger partial charge in [0.05, 0.1) is 4.88 Å². The third-order valence-corrected chi connectivity index (χ3v) is 3.86. The second-order valence-electron chi connectivity index (χ2n) is 3.09. The van der Waals surface area contributed by atoms with Crippen LogP contribution in [0.25, 0.3) is 9.40 Å². The van der Waals surface area contributed by atoms with E-state index in [2.05, 4.69) is 4.84 Å². The number of amides is 1. The minimum atomic E-state index is -4.46. The van der Waals surface area contributed by atoms with Crippen LogP contribution < -0.4 is 5.48 Å². The van der Waals surface area contributed by atoms with E-state index in [0.29, 0.717) is 4.88 Å². The Morgan fingerprint density at radius 2 is 2.18 bits per heavy atom. The van der Waals surface area contributed by atoms with Crippen molar-refractivity contribution >= 4 is 38.0 Å². The molecular weight excluding hydrogens is 275 g/mol. The summed E-state index contributed by atoms with van der Waals surface area (Å²) in [6.45, 7) is -1.50. The maximum Gasteiger partial charge on any atom is 0.414 e. The van der Waals surface area contributed by atoms with Gasteiger partial charge in [0.1, 0.15) is 0 Å². The molecule has 0 aliphatic rings. The maximum absolute atomic E-state index is 11.8. The number of hydroxylamine groups is 1. The minimum Gasteiger partial charge on any atom is -0.266 e. The fourth-order valence-corrected chi connectivity index (χ4v) is 3.11. The number of alkyl halides is 3. The summed E-state index contributed by atoms with van der Waals surface area (Å²) in [5.41, 5.74) is 1.76. The lowest BCUT2D eigenvalue weighted by molar-refractivity contribution is -0.184. The summed E-state index contributed by atoms with van der Waals surface area (Å²) in [4.78, 5) is 15.8. The Labute approximate surface area is 102 Å². The number of hydrogen-bond donors (Lipinski definition) is 1. The van der Waals surface area contributed by atoms with Gasteiger partial charge in [-0.2, -0.15) is 13.2 Å². The van der Waals surface area contributed by atoms with Gasteiger partial charge in [-0.1, -0.05) is 0 Å². The molecule has 1 N–H and O–H groups in total. The van der Waals surface area contributed by atoms with E-state index in [9.17, 15) is 18.0 Å². The fourth-order valence-electron chi connectivity index (χ4n) is 1.11. The summed E-state index contributed by atoms with van der Waals surface area (Å²) in [6, 6.07) is 3.47. The van der Waals surface area contributed by atoms with Crippen molar-refractivity contribution in [1.29, 1.82) is 0 Å². The molecule has 92 valence electrons. The van der Waals surface area contributed by atoms with Crippen LogP contribution in [0.4, 0.5) is 13.2 Å². The largest absolute Gasteiger partial charge is 0.414 e. The van der Waals surface area contributed by atoms with Gasteiger partial charge in [0.25, 0.3) is 5.91 Å². The van der Waals surface area contributed by atoms with Crippen LogP contribution in [0, 0.1) is 0 Å². The van der Waals surface area contributed by atoms with Crippen molar-refractivity contribution in [2.75, 3.05) is 6.61 Å². The molecule has 0 radical (unpaired) electrons. The summed E-state index contributed by atoms with van der Waals surface area (Å²) in [6.07, 6.45) is -4.46. The van der Waals surface area contributed by atoms with E-state index < -0.39 is 18.7 Å². The van der Waals surface area contributed by atoms with E-state index >= 15 is 0 Å². The van der Waals surface area contributed by atoms with E-state index in [1.807, 2.05) is 11.4 Å². The minimum absolute atomic E-state index is 0.328. The topological polar surface area (TPSA) is 38.3 Å². The van der Waals surface area contributed by atoms with Crippen LogP contribution in [0.5, 0.6) is 0 Å². The number of nitrogens with one attached hydrogen (secondary N) is 1. The van der Waals surface area contributed by atoms with Crippen molar-refractivity contribution in [2.45, 2.75) is 6.18 Å². The van der Waals surface area contributed by atoms with Crippen LogP contribution in [0.15, 0.2) is 17.5 Å². The molecule has 0 saturated heterocycles. The molecule has 0 aliphatic heterocycles. The lowest BCUT2D eigenvalue weighted by Crippen LogP contribution is -2.29. The Morgan fingerprint density at radius 1 is 1.41 bits per heavy atom. The smallest absolute Gasteiger partial charge is 0.266 e. The first kappa shape index (κ1) is 12.3. The van der Waals surface area contributed by atoms with Gasteiger partial charge in [0, 0.05) is 9.40 Å². The highest BCUT2D eigenvalue weighted by atomic mass is 32.1. The van der Waals surface area contributed by atoms with E-state index in [4.69, 9.17) is 0 Å². The first-order valence-corrected chi connectivity index (χ1v) is 6.11. The molecular formula is C9H6F3NO2S2. The number of hydrogen-bond acceptors (Lipinski definition) is 4. The van der Waals surface area contributed by atoms with Gasteiger partial charge >= 0.3 is 6.18 Å². The Balaban J connectivity index is 1.94. The zero-order chi connectivity index (χ0) is 12.5. The number of rotatable bonds is 3. The number of thiophene rings is 2. The van der Waals surface area contributed by atoms with E-state index in [0.717, 1.165) is 9.40 Å². The molecule has 3 nitrogen and oxygen atoms in total. The number of fused-ring (bicyclic) bond motifs is 1. The van der Waals surface area contributed by atoms with Crippen LogP contribution in [-0.4, -0.2) is 18.7 Å². The molecule has 2 rings (SSSR count). The SMILES string of the molecule is O=C(NOCC(F)(F)F)c1cc2sccc2s1. The first-order valence-electron chi connectivity index (χ1n) is 4.41. The third-order valence-electron chi connectivity index (χ3n) is 1.76. The van der Waals surface area contributed by atoms with Crippen molar-refractivity contribution in [3.05, 3.63) is 22.4 Å². The Bertz CT molecular complexity index is 503. The maximum atomic E-state index is 11.8. The van der Waals surface area contributed by atoms with Crippen molar-refractivity contribution in [3.63, 3.8) is 0 Å². The lowest BCUT2D eigenvalue weighted by atomic mass is 10.4. The van der Waals surface area contributed by atoms with Crippen molar-refractivity contribution < 1.29 is 22.8 Å². The Hall–Kier alpha value is -1.12. The molecule has 2 heterocycles. The average Bonchev–Trinajstić information content (AvgIpc) is 2.73. The van der Waals surface area contributed by atoms with Gasteiger partial charge in [-0.15, -0.1) is 22.7 Å². The van der Waals surface area contributed by atoms with Gasteiger partial charge in [0.15, 0.2) is 6.61 Å². The normalized spacial score (nSPS) is 11.9. The van der Waals surface area contributed by atoms with Gasteiger partial charge in [-0.25, -0.2) is 5.48 Å². The molecule has 0 spiro atoms.